The third-order valence-corrected chi connectivity index (χ3v) is 4.38. The first-order chi connectivity index (χ1) is 11.6. The van der Waals surface area contributed by atoms with Gasteiger partial charge in [-0.3, -0.25) is 10.1 Å². The van der Waals surface area contributed by atoms with E-state index < -0.39 is 4.92 Å². The first-order valence-electron chi connectivity index (χ1n) is 8.47. The van der Waals surface area contributed by atoms with E-state index in [0.717, 1.165) is 44.2 Å². The number of nitro groups is 1. The number of benzene rings is 1. The van der Waals surface area contributed by atoms with Gasteiger partial charge in [-0.05, 0) is 43.6 Å². The lowest BCUT2D eigenvalue weighted by molar-refractivity contribution is -0.384. The number of aliphatic hydroxyl groups is 1. The number of nitrogens with zero attached hydrogens (tertiary/aromatic N) is 2. The van der Waals surface area contributed by atoms with Crippen LogP contribution in [0.5, 0.6) is 0 Å². The topological polar surface area (TPSA) is 95.7 Å². The second-order valence-electron chi connectivity index (χ2n) is 6.25. The summed E-state index contributed by atoms with van der Waals surface area (Å²) < 4.78 is 0. The zero-order valence-corrected chi connectivity index (χ0v) is 13.8. The number of carbonyl (C=O) groups excluding carboxylic acids is 1. The molecule has 2 amide bonds. The highest BCUT2D eigenvalue weighted by atomic mass is 16.6. The van der Waals surface area contributed by atoms with E-state index in [-0.39, 0.29) is 24.2 Å². The number of likely N-dealkylation sites (tertiary alicyclic amines) is 1. The van der Waals surface area contributed by atoms with Crippen LogP contribution < -0.4 is 5.32 Å². The summed E-state index contributed by atoms with van der Waals surface area (Å²) in [5, 5.41) is 22.7. The van der Waals surface area contributed by atoms with Crippen LogP contribution in [0.25, 0.3) is 0 Å². The molecule has 1 fully saturated rings. The molecule has 1 aromatic carbocycles. The van der Waals surface area contributed by atoms with Crippen molar-refractivity contribution in [1.82, 2.24) is 10.2 Å². The lowest BCUT2D eigenvalue weighted by Crippen LogP contribution is -2.46. The van der Waals surface area contributed by atoms with Crippen molar-refractivity contribution in [3.63, 3.8) is 0 Å². The number of unbranched alkanes of at least 4 members (excludes halogenated alkanes) is 1. The average molecular weight is 335 g/mol. The number of aliphatic hydroxyl groups excluding tert-OH is 1. The molecule has 1 heterocycles. The summed E-state index contributed by atoms with van der Waals surface area (Å²) in [7, 11) is 0. The number of urea groups is 1. The number of hydrogen-bond donors (Lipinski definition) is 2. The Labute approximate surface area is 141 Å². The van der Waals surface area contributed by atoms with Crippen molar-refractivity contribution < 1.29 is 14.8 Å². The molecule has 1 atom stereocenters. The fourth-order valence-corrected chi connectivity index (χ4v) is 2.94. The second kappa shape index (κ2) is 9.22. The van der Waals surface area contributed by atoms with Crippen LogP contribution in [0, 0.1) is 16.0 Å². The summed E-state index contributed by atoms with van der Waals surface area (Å²) in [6.45, 7) is 2.14. The average Bonchev–Trinajstić information content (AvgIpc) is 2.61. The van der Waals surface area contributed by atoms with Gasteiger partial charge in [-0.15, -0.1) is 0 Å². The van der Waals surface area contributed by atoms with Crippen LogP contribution in [0.4, 0.5) is 10.5 Å². The van der Waals surface area contributed by atoms with Crippen molar-refractivity contribution in [3.8, 4) is 0 Å². The van der Waals surface area contributed by atoms with Crippen LogP contribution in [-0.4, -0.2) is 47.2 Å². The maximum atomic E-state index is 12.1. The Kier molecular flexibility index (Phi) is 6.99. The fraction of sp³-hybridized carbons (Fsp3) is 0.588. The summed E-state index contributed by atoms with van der Waals surface area (Å²) in [5.41, 5.74) is 1.17. The van der Waals surface area contributed by atoms with E-state index >= 15 is 0 Å². The monoisotopic (exact) mass is 335 g/mol. The van der Waals surface area contributed by atoms with Crippen molar-refractivity contribution in [1.29, 1.82) is 0 Å². The second-order valence-corrected chi connectivity index (χ2v) is 6.25. The number of non-ortho nitro benzene ring substituents is 1. The van der Waals surface area contributed by atoms with E-state index in [0.29, 0.717) is 13.1 Å². The Morgan fingerprint density at radius 3 is 2.75 bits per heavy atom. The van der Waals surface area contributed by atoms with Crippen LogP contribution in [0.15, 0.2) is 24.3 Å². The molecule has 0 radical (unpaired) electrons. The van der Waals surface area contributed by atoms with E-state index in [1.165, 1.54) is 12.1 Å². The van der Waals surface area contributed by atoms with Gasteiger partial charge in [0.15, 0.2) is 0 Å². The molecule has 0 spiro atoms. The van der Waals surface area contributed by atoms with Gasteiger partial charge in [0.2, 0.25) is 0 Å². The number of carbonyl (C=O) groups is 1. The molecular weight excluding hydrogens is 310 g/mol. The van der Waals surface area contributed by atoms with E-state index in [1.54, 1.807) is 17.0 Å². The van der Waals surface area contributed by atoms with Crippen molar-refractivity contribution >= 4 is 11.7 Å². The summed E-state index contributed by atoms with van der Waals surface area (Å²) in [6, 6.07) is 6.54. The number of nitro benzene ring substituents is 1. The minimum Gasteiger partial charge on any atom is -0.396 e. The van der Waals surface area contributed by atoms with Crippen LogP contribution in [0.2, 0.25) is 0 Å². The highest BCUT2D eigenvalue weighted by Gasteiger charge is 2.22. The lowest BCUT2D eigenvalue weighted by Gasteiger charge is -2.31. The quantitative estimate of drug-likeness (QED) is 0.454. The SMILES string of the molecule is O=C(NCCCCc1ccc([N+](=O)[O-])cc1)N1CCCC(CO)C1. The number of aryl methyl sites for hydroxylation is 1. The number of rotatable bonds is 7. The third kappa shape index (κ3) is 5.49. The maximum absolute atomic E-state index is 12.1. The summed E-state index contributed by atoms with van der Waals surface area (Å²) in [6.07, 6.45) is 4.54. The highest BCUT2D eigenvalue weighted by Crippen LogP contribution is 2.16. The Balaban J connectivity index is 1.62. The number of amides is 2. The molecule has 0 aliphatic carbocycles. The van der Waals surface area contributed by atoms with Crippen LogP contribution >= 0.6 is 0 Å². The zero-order chi connectivity index (χ0) is 17.4. The van der Waals surface area contributed by atoms with Gasteiger partial charge in [0.1, 0.15) is 0 Å². The smallest absolute Gasteiger partial charge is 0.317 e. The summed E-state index contributed by atoms with van der Waals surface area (Å²) in [5.74, 6) is 0.201. The molecule has 1 aliphatic heterocycles. The number of nitrogens with one attached hydrogen (secondary N) is 1. The van der Waals surface area contributed by atoms with Crippen LogP contribution in [0.1, 0.15) is 31.2 Å². The first-order valence-corrected chi connectivity index (χ1v) is 8.47. The van der Waals surface area contributed by atoms with Gasteiger partial charge in [0, 0.05) is 38.4 Å². The van der Waals surface area contributed by atoms with Crippen LogP contribution in [0.3, 0.4) is 0 Å². The van der Waals surface area contributed by atoms with Crippen molar-refractivity contribution in [3.05, 3.63) is 39.9 Å². The molecule has 1 aromatic rings. The van der Waals surface area contributed by atoms with Gasteiger partial charge < -0.3 is 15.3 Å². The maximum Gasteiger partial charge on any atom is 0.317 e. The van der Waals surface area contributed by atoms with Gasteiger partial charge in [0.05, 0.1) is 4.92 Å². The predicted octanol–water partition coefficient (Wildman–Crippen LogP) is 2.33. The van der Waals surface area contributed by atoms with Gasteiger partial charge in [-0.2, -0.15) is 0 Å². The van der Waals surface area contributed by atoms with E-state index in [9.17, 15) is 20.0 Å². The number of hydrogen-bond acceptors (Lipinski definition) is 4. The van der Waals surface area contributed by atoms with Gasteiger partial charge in [-0.1, -0.05) is 12.1 Å². The fourth-order valence-electron chi connectivity index (χ4n) is 2.94. The van der Waals surface area contributed by atoms with E-state index in [2.05, 4.69) is 5.32 Å². The molecule has 2 N–H and O–H groups in total. The molecule has 0 bridgehead atoms. The molecule has 24 heavy (non-hydrogen) atoms. The number of piperidine rings is 1. The predicted molar refractivity (Wildman–Crippen MR) is 90.8 cm³/mol. The van der Waals surface area contributed by atoms with E-state index in [1.807, 2.05) is 0 Å². The molecule has 132 valence electrons. The van der Waals surface area contributed by atoms with Crippen LogP contribution in [-0.2, 0) is 6.42 Å². The molecule has 1 aliphatic rings. The lowest BCUT2D eigenvalue weighted by atomic mass is 9.99. The largest absolute Gasteiger partial charge is 0.396 e. The Morgan fingerprint density at radius 1 is 1.33 bits per heavy atom. The molecule has 1 unspecified atom stereocenters. The molecule has 2 rings (SSSR count). The minimum atomic E-state index is -0.402. The normalized spacial score (nSPS) is 17.5. The third-order valence-electron chi connectivity index (χ3n) is 4.38. The minimum absolute atomic E-state index is 0.0523. The van der Waals surface area contributed by atoms with Gasteiger partial charge in [-0.25, -0.2) is 4.79 Å². The Bertz CT molecular complexity index is 547. The molecule has 0 saturated carbocycles. The standard InChI is InChI=1S/C17H25N3O4/c21-13-15-5-3-11-19(12-15)17(22)18-10-2-1-4-14-6-8-16(9-7-14)20(23)24/h6-9,15,21H,1-5,10-13H2,(H,18,22). The molecular formula is C17H25N3O4. The summed E-state index contributed by atoms with van der Waals surface area (Å²) >= 11 is 0. The van der Waals surface area contributed by atoms with Gasteiger partial charge in [0.25, 0.3) is 5.69 Å². The first kappa shape index (κ1) is 18.2. The molecule has 7 heteroatoms. The Morgan fingerprint density at radius 2 is 2.08 bits per heavy atom. The summed E-state index contributed by atoms with van der Waals surface area (Å²) in [4.78, 5) is 24.0. The highest BCUT2D eigenvalue weighted by molar-refractivity contribution is 5.74. The van der Waals surface area contributed by atoms with Crippen molar-refractivity contribution in [2.75, 3.05) is 26.2 Å². The zero-order valence-electron chi connectivity index (χ0n) is 13.8. The Hall–Kier alpha value is -2.15. The molecule has 7 nitrogen and oxygen atoms in total. The molecule has 0 aromatic heterocycles. The van der Waals surface area contributed by atoms with Gasteiger partial charge >= 0.3 is 6.03 Å². The van der Waals surface area contributed by atoms with E-state index in [4.69, 9.17) is 0 Å². The van der Waals surface area contributed by atoms with Crippen molar-refractivity contribution in [2.24, 2.45) is 5.92 Å². The molecule has 1 saturated heterocycles. The van der Waals surface area contributed by atoms with Crippen molar-refractivity contribution in [2.45, 2.75) is 32.1 Å².